The molecule has 2 atom stereocenters. The van der Waals surface area contributed by atoms with Crippen LogP contribution in [-0.4, -0.2) is 42.8 Å². The quantitative estimate of drug-likeness (QED) is 0.630. The van der Waals surface area contributed by atoms with Crippen molar-refractivity contribution in [3.63, 3.8) is 0 Å². The van der Waals surface area contributed by atoms with Gasteiger partial charge in [-0.1, -0.05) is 6.92 Å². The van der Waals surface area contributed by atoms with E-state index >= 15 is 0 Å². The van der Waals surface area contributed by atoms with Gasteiger partial charge in [0.1, 0.15) is 0 Å². The van der Waals surface area contributed by atoms with Crippen molar-refractivity contribution in [2.24, 2.45) is 5.41 Å². The molecule has 4 nitrogen and oxygen atoms in total. The number of rotatable bonds is 8. The van der Waals surface area contributed by atoms with Crippen LogP contribution in [0.2, 0.25) is 6.04 Å². The summed E-state index contributed by atoms with van der Waals surface area (Å²) in [5.74, 6) is 0. The van der Waals surface area contributed by atoms with Crippen LogP contribution in [-0.2, 0) is 18.0 Å². The van der Waals surface area contributed by atoms with E-state index in [9.17, 15) is 0 Å². The van der Waals surface area contributed by atoms with Gasteiger partial charge in [-0.3, -0.25) is 0 Å². The molecule has 0 amide bonds. The second-order valence-electron chi connectivity index (χ2n) is 4.82. The molecule has 0 N–H and O–H groups in total. The van der Waals surface area contributed by atoms with Gasteiger partial charge in [-0.2, -0.15) is 0 Å². The van der Waals surface area contributed by atoms with Gasteiger partial charge in [0.2, 0.25) is 0 Å². The fraction of sp³-hybridized carbons (Fsp3) is 1.00. The Morgan fingerprint density at radius 1 is 1.24 bits per heavy atom. The van der Waals surface area contributed by atoms with Crippen LogP contribution >= 0.6 is 0 Å². The summed E-state index contributed by atoms with van der Waals surface area (Å²) >= 11 is 0. The largest absolute Gasteiger partial charge is 0.500 e. The van der Waals surface area contributed by atoms with Crippen LogP contribution in [0.15, 0.2) is 0 Å². The summed E-state index contributed by atoms with van der Waals surface area (Å²) in [5, 5.41) is 0. The minimum Gasteiger partial charge on any atom is -0.377 e. The van der Waals surface area contributed by atoms with E-state index in [2.05, 4.69) is 13.8 Å². The Labute approximate surface area is 106 Å². The molecule has 1 heterocycles. The molecule has 0 aromatic carbocycles. The highest BCUT2D eigenvalue weighted by atomic mass is 28.4. The third kappa shape index (κ3) is 3.09. The van der Waals surface area contributed by atoms with E-state index in [0.717, 1.165) is 25.5 Å². The number of hydrogen-bond donors (Lipinski definition) is 0. The molecule has 0 spiro atoms. The van der Waals surface area contributed by atoms with E-state index in [1.54, 1.807) is 21.3 Å². The maximum Gasteiger partial charge on any atom is 0.500 e. The van der Waals surface area contributed by atoms with Crippen LogP contribution in [0.1, 0.15) is 33.1 Å². The molecule has 1 rings (SSSR count). The minimum absolute atomic E-state index is 0.370. The van der Waals surface area contributed by atoms with Gasteiger partial charge in [0.05, 0.1) is 12.7 Å². The molecular formula is C12H26O4Si. The number of hydrogen-bond acceptors (Lipinski definition) is 4. The molecule has 5 heteroatoms. The summed E-state index contributed by atoms with van der Waals surface area (Å²) in [4.78, 5) is 0. The summed E-state index contributed by atoms with van der Waals surface area (Å²) in [5.41, 5.74) is 0.370. The maximum absolute atomic E-state index is 5.52. The standard InChI is InChI=1S/C12H26O4Si/c1-6-12(10-16-11(12)2)8-7-9-17(13-3,14-4)15-5/h11H,6-10H2,1-5H3. The van der Waals surface area contributed by atoms with Crippen LogP contribution in [0, 0.1) is 5.41 Å². The average molecular weight is 262 g/mol. The molecule has 0 bridgehead atoms. The second-order valence-corrected chi connectivity index (χ2v) is 7.91. The van der Waals surface area contributed by atoms with Crippen molar-refractivity contribution in [3.05, 3.63) is 0 Å². The zero-order valence-electron chi connectivity index (χ0n) is 11.7. The molecular weight excluding hydrogens is 236 g/mol. The lowest BCUT2D eigenvalue weighted by atomic mass is 9.73. The Balaban J connectivity index is 2.40. The van der Waals surface area contributed by atoms with E-state index in [-0.39, 0.29) is 0 Å². The van der Waals surface area contributed by atoms with Crippen molar-refractivity contribution in [2.45, 2.75) is 45.3 Å². The average Bonchev–Trinajstić information content (AvgIpc) is 2.38. The smallest absolute Gasteiger partial charge is 0.377 e. The van der Waals surface area contributed by atoms with Gasteiger partial charge < -0.3 is 18.0 Å². The molecule has 1 aliphatic rings. The fourth-order valence-electron chi connectivity index (χ4n) is 2.54. The second kappa shape index (κ2) is 6.29. The zero-order valence-corrected chi connectivity index (χ0v) is 12.7. The third-order valence-electron chi connectivity index (χ3n) is 4.28. The first-order chi connectivity index (χ1) is 8.08. The predicted molar refractivity (Wildman–Crippen MR) is 69.0 cm³/mol. The Hall–Kier alpha value is 0.0569. The van der Waals surface area contributed by atoms with Gasteiger partial charge in [-0.15, -0.1) is 0 Å². The van der Waals surface area contributed by atoms with Crippen LogP contribution in [0.4, 0.5) is 0 Å². The highest BCUT2D eigenvalue weighted by molar-refractivity contribution is 6.60. The van der Waals surface area contributed by atoms with Crippen LogP contribution in [0.25, 0.3) is 0 Å². The predicted octanol–water partition coefficient (Wildman–Crippen LogP) is 2.46. The van der Waals surface area contributed by atoms with Crippen molar-refractivity contribution in [1.29, 1.82) is 0 Å². The molecule has 0 radical (unpaired) electrons. The van der Waals surface area contributed by atoms with Crippen molar-refractivity contribution in [2.75, 3.05) is 27.9 Å². The van der Waals surface area contributed by atoms with Gasteiger partial charge in [0.15, 0.2) is 0 Å². The Kier molecular flexibility index (Phi) is 5.59. The third-order valence-corrected chi connectivity index (χ3v) is 7.11. The van der Waals surface area contributed by atoms with E-state index < -0.39 is 8.80 Å². The van der Waals surface area contributed by atoms with Crippen molar-refractivity contribution >= 4 is 8.80 Å². The number of ether oxygens (including phenoxy) is 1. The van der Waals surface area contributed by atoms with E-state index in [0.29, 0.717) is 11.5 Å². The first-order valence-electron chi connectivity index (χ1n) is 6.35. The van der Waals surface area contributed by atoms with Crippen molar-refractivity contribution in [3.8, 4) is 0 Å². The molecule has 0 aromatic rings. The van der Waals surface area contributed by atoms with Crippen molar-refractivity contribution in [1.82, 2.24) is 0 Å². The first kappa shape index (κ1) is 15.1. The Morgan fingerprint density at radius 3 is 2.12 bits per heavy atom. The molecule has 0 saturated carbocycles. The van der Waals surface area contributed by atoms with Gasteiger partial charge in [-0.25, -0.2) is 0 Å². The normalized spacial score (nSPS) is 29.1. The van der Waals surface area contributed by atoms with Crippen molar-refractivity contribution < 1.29 is 18.0 Å². The van der Waals surface area contributed by atoms with Crippen LogP contribution in [0.5, 0.6) is 0 Å². The van der Waals surface area contributed by atoms with Crippen LogP contribution < -0.4 is 0 Å². The van der Waals surface area contributed by atoms with Gasteiger partial charge in [0.25, 0.3) is 0 Å². The SMILES string of the molecule is CCC1(CCC[Si](OC)(OC)OC)COC1C. The topological polar surface area (TPSA) is 36.9 Å². The summed E-state index contributed by atoms with van der Waals surface area (Å²) in [6.07, 6.45) is 3.80. The highest BCUT2D eigenvalue weighted by Crippen LogP contribution is 2.43. The monoisotopic (exact) mass is 262 g/mol. The lowest BCUT2D eigenvalue weighted by Gasteiger charge is -2.48. The zero-order chi connectivity index (χ0) is 12.9. The summed E-state index contributed by atoms with van der Waals surface area (Å²) in [6.45, 7) is 5.31. The lowest BCUT2D eigenvalue weighted by Crippen LogP contribution is -2.50. The maximum atomic E-state index is 5.52. The highest BCUT2D eigenvalue weighted by Gasteiger charge is 2.45. The molecule has 17 heavy (non-hydrogen) atoms. The summed E-state index contributed by atoms with van der Waals surface area (Å²) < 4.78 is 21.8. The van der Waals surface area contributed by atoms with E-state index in [1.807, 2.05) is 0 Å². The molecule has 0 aromatic heterocycles. The Bertz CT molecular complexity index is 207. The fourth-order valence-corrected chi connectivity index (χ4v) is 4.26. The summed E-state index contributed by atoms with van der Waals surface area (Å²) in [7, 11) is 2.63. The molecule has 0 aliphatic carbocycles. The van der Waals surface area contributed by atoms with Crippen LogP contribution in [0.3, 0.4) is 0 Å². The molecule has 1 saturated heterocycles. The lowest BCUT2D eigenvalue weighted by molar-refractivity contribution is -0.183. The molecule has 1 fully saturated rings. The Morgan fingerprint density at radius 2 is 1.82 bits per heavy atom. The molecule has 2 unspecified atom stereocenters. The van der Waals surface area contributed by atoms with E-state index in [1.165, 1.54) is 6.42 Å². The first-order valence-corrected chi connectivity index (χ1v) is 8.28. The van der Waals surface area contributed by atoms with E-state index in [4.69, 9.17) is 18.0 Å². The molecule has 1 aliphatic heterocycles. The van der Waals surface area contributed by atoms with Gasteiger partial charge >= 0.3 is 8.80 Å². The van der Waals surface area contributed by atoms with Gasteiger partial charge in [-0.05, 0) is 26.2 Å². The molecule has 102 valence electrons. The minimum atomic E-state index is -2.38. The summed E-state index contributed by atoms with van der Waals surface area (Å²) in [6, 6.07) is 0.880. The van der Waals surface area contributed by atoms with Gasteiger partial charge in [0, 0.05) is 32.8 Å².